The number of carbonyl (C=O) groups is 1. The summed E-state index contributed by atoms with van der Waals surface area (Å²) in [5, 5.41) is 0. The number of benzene rings is 1. The maximum absolute atomic E-state index is 12.7. The van der Waals surface area contributed by atoms with Gasteiger partial charge in [-0.1, -0.05) is 12.1 Å². The molecule has 3 heterocycles. The third-order valence-corrected chi connectivity index (χ3v) is 5.48. The highest BCUT2D eigenvalue weighted by atomic mass is 16.5. The Bertz CT molecular complexity index is 816. The molecule has 2 aliphatic heterocycles. The van der Waals surface area contributed by atoms with Crippen LogP contribution < -0.4 is 4.74 Å². The molecule has 1 aromatic carbocycles. The van der Waals surface area contributed by atoms with E-state index in [4.69, 9.17) is 4.74 Å². The number of fused-ring (bicyclic) bond motifs is 1. The maximum Gasteiger partial charge on any atom is 0.261 e. The van der Waals surface area contributed by atoms with E-state index < -0.39 is 0 Å². The van der Waals surface area contributed by atoms with Crippen molar-refractivity contribution in [2.24, 2.45) is 0 Å². The lowest BCUT2D eigenvalue weighted by Crippen LogP contribution is -2.34. The summed E-state index contributed by atoms with van der Waals surface area (Å²) in [5.41, 5.74) is 0.623. The minimum atomic E-state index is 0.00743. The van der Waals surface area contributed by atoms with Gasteiger partial charge in [-0.3, -0.25) is 4.79 Å². The van der Waals surface area contributed by atoms with Crippen molar-refractivity contribution in [3.63, 3.8) is 0 Å². The summed E-state index contributed by atoms with van der Waals surface area (Å²) in [7, 11) is 0. The fraction of sp³-hybridized carbons (Fsp3) is 0.409. The number of carbonyl (C=O) groups excluding carboxylic acids is 1. The van der Waals surface area contributed by atoms with Gasteiger partial charge >= 0.3 is 0 Å². The second-order valence-electron chi connectivity index (χ2n) is 7.33. The number of hydrogen-bond donors (Lipinski definition) is 0. The van der Waals surface area contributed by atoms with Crippen LogP contribution in [0.5, 0.6) is 5.75 Å². The van der Waals surface area contributed by atoms with Crippen LogP contribution in [-0.4, -0.2) is 51.9 Å². The molecule has 2 aromatic rings. The Morgan fingerprint density at radius 2 is 1.75 bits per heavy atom. The maximum atomic E-state index is 12.7. The van der Waals surface area contributed by atoms with Crippen LogP contribution in [0.2, 0.25) is 0 Å². The van der Waals surface area contributed by atoms with Gasteiger partial charge in [-0.25, -0.2) is 9.97 Å². The van der Waals surface area contributed by atoms with Crippen LogP contribution in [0.3, 0.4) is 0 Å². The van der Waals surface area contributed by atoms with E-state index in [2.05, 4.69) is 14.9 Å². The van der Waals surface area contributed by atoms with Gasteiger partial charge < -0.3 is 14.5 Å². The van der Waals surface area contributed by atoms with Crippen molar-refractivity contribution in [1.29, 1.82) is 0 Å². The quantitative estimate of drug-likeness (QED) is 0.721. The molecule has 1 aromatic heterocycles. The molecule has 0 spiro atoms. The van der Waals surface area contributed by atoms with Crippen molar-refractivity contribution < 1.29 is 9.53 Å². The lowest BCUT2D eigenvalue weighted by Gasteiger charge is -2.31. The highest BCUT2D eigenvalue weighted by Gasteiger charge is 2.23. The van der Waals surface area contributed by atoms with Gasteiger partial charge in [-0.05, 0) is 63.5 Å². The number of unbranched alkanes of at least 4 members (excludes halogenated alkanes) is 1. The van der Waals surface area contributed by atoms with Crippen LogP contribution in [0, 0.1) is 0 Å². The number of rotatable bonds is 6. The highest BCUT2D eigenvalue weighted by Crippen LogP contribution is 2.25. The van der Waals surface area contributed by atoms with Gasteiger partial charge in [-0.2, -0.15) is 0 Å². The molecule has 6 heteroatoms. The normalized spacial score (nSPS) is 17.9. The monoisotopic (exact) mass is 378 g/mol. The first-order valence-corrected chi connectivity index (χ1v) is 10.0. The summed E-state index contributed by atoms with van der Waals surface area (Å²) in [5.74, 6) is 2.10. The summed E-state index contributed by atoms with van der Waals surface area (Å²) in [6.45, 7) is 3.96. The highest BCUT2D eigenvalue weighted by molar-refractivity contribution is 5.97. The molecule has 146 valence electrons. The Hall–Kier alpha value is -2.73. The predicted molar refractivity (Wildman–Crippen MR) is 107 cm³/mol. The van der Waals surface area contributed by atoms with E-state index in [1.165, 1.54) is 0 Å². The van der Waals surface area contributed by atoms with Crippen LogP contribution in [0.25, 0.3) is 0 Å². The third-order valence-electron chi connectivity index (χ3n) is 5.48. The van der Waals surface area contributed by atoms with E-state index in [1.54, 1.807) is 17.4 Å². The zero-order valence-corrected chi connectivity index (χ0v) is 16.0. The lowest BCUT2D eigenvalue weighted by molar-refractivity contribution is 0.0820. The van der Waals surface area contributed by atoms with E-state index in [-0.39, 0.29) is 5.91 Å². The molecule has 0 bridgehead atoms. The first kappa shape index (κ1) is 18.6. The Balaban J connectivity index is 1.20. The SMILES string of the molecule is O=C1c2ccccc2OC=CN1CCCCN1CCC(c2ncccn2)CC1. The molecule has 0 atom stereocenters. The molecule has 0 N–H and O–H groups in total. The summed E-state index contributed by atoms with van der Waals surface area (Å²) in [6.07, 6.45) is 11.3. The minimum absolute atomic E-state index is 0.00743. The number of piperidine rings is 1. The third kappa shape index (κ3) is 4.39. The molecule has 0 aliphatic carbocycles. The van der Waals surface area contributed by atoms with Crippen molar-refractivity contribution in [3.8, 4) is 5.75 Å². The molecule has 6 nitrogen and oxygen atoms in total. The van der Waals surface area contributed by atoms with Crippen molar-refractivity contribution in [2.75, 3.05) is 26.2 Å². The zero-order valence-electron chi connectivity index (χ0n) is 16.0. The molecule has 1 amide bonds. The number of para-hydroxylation sites is 1. The van der Waals surface area contributed by atoms with Crippen molar-refractivity contribution in [1.82, 2.24) is 19.8 Å². The van der Waals surface area contributed by atoms with Gasteiger partial charge in [0.05, 0.1) is 5.56 Å². The minimum Gasteiger partial charge on any atom is -0.463 e. The van der Waals surface area contributed by atoms with Gasteiger partial charge in [0, 0.05) is 31.1 Å². The summed E-state index contributed by atoms with van der Waals surface area (Å²) < 4.78 is 5.54. The van der Waals surface area contributed by atoms with E-state index in [1.807, 2.05) is 42.7 Å². The summed E-state index contributed by atoms with van der Waals surface area (Å²) >= 11 is 0. The first-order chi connectivity index (χ1) is 13.8. The molecule has 1 fully saturated rings. The Morgan fingerprint density at radius 3 is 2.57 bits per heavy atom. The van der Waals surface area contributed by atoms with E-state index in [9.17, 15) is 4.79 Å². The average Bonchev–Trinajstić information content (AvgIpc) is 2.91. The Labute approximate surface area is 165 Å². The Morgan fingerprint density at radius 1 is 1.00 bits per heavy atom. The molecule has 28 heavy (non-hydrogen) atoms. The van der Waals surface area contributed by atoms with Crippen LogP contribution in [-0.2, 0) is 0 Å². The van der Waals surface area contributed by atoms with Crippen LogP contribution in [0.15, 0.2) is 55.2 Å². The molecule has 2 aliphatic rings. The van der Waals surface area contributed by atoms with Crippen molar-refractivity contribution >= 4 is 5.91 Å². The number of amides is 1. The number of ether oxygens (including phenoxy) is 1. The van der Waals surface area contributed by atoms with E-state index in [0.29, 0.717) is 23.8 Å². The molecule has 0 radical (unpaired) electrons. The van der Waals surface area contributed by atoms with Gasteiger partial charge in [0.25, 0.3) is 5.91 Å². The molecule has 4 rings (SSSR count). The zero-order chi connectivity index (χ0) is 19.2. The second-order valence-corrected chi connectivity index (χ2v) is 7.33. The number of hydrogen-bond acceptors (Lipinski definition) is 5. The van der Waals surface area contributed by atoms with E-state index in [0.717, 1.165) is 51.1 Å². The molecular weight excluding hydrogens is 352 g/mol. The van der Waals surface area contributed by atoms with Crippen molar-refractivity contribution in [3.05, 3.63) is 66.6 Å². The number of likely N-dealkylation sites (tertiary alicyclic amines) is 1. The number of aromatic nitrogens is 2. The van der Waals surface area contributed by atoms with Crippen LogP contribution in [0.1, 0.15) is 47.8 Å². The molecule has 1 saturated heterocycles. The topological polar surface area (TPSA) is 58.6 Å². The molecule has 0 unspecified atom stereocenters. The van der Waals surface area contributed by atoms with Gasteiger partial charge in [0.15, 0.2) is 0 Å². The fourth-order valence-corrected chi connectivity index (χ4v) is 3.88. The standard InChI is InChI=1S/C22H26N4O2/c27-22-19-6-1-2-7-20(19)28-17-16-26(22)13-4-3-12-25-14-8-18(9-15-25)21-23-10-5-11-24-21/h1-2,5-7,10-11,16-18H,3-4,8-9,12-15H2. The fourth-order valence-electron chi connectivity index (χ4n) is 3.88. The summed E-state index contributed by atoms with van der Waals surface area (Å²) in [6, 6.07) is 9.26. The van der Waals surface area contributed by atoms with Crippen molar-refractivity contribution in [2.45, 2.75) is 31.6 Å². The Kier molecular flexibility index (Phi) is 5.97. The second kappa shape index (κ2) is 8.97. The van der Waals surface area contributed by atoms with Gasteiger partial charge in [0.1, 0.15) is 17.8 Å². The van der Waals surface area contributed by atoms with Crippen LogP contribution in [0.4, 0.5) is 0 Å². The van der Waals surface area contributed by atoms with Crippen LogP contribution >= 0.6 is 0 Å². The number of nitrogens with zero attached hydrogens (tertiary/aromatic N) is 4. The first-order valence-electron chi connectivity index (χ1n) is 10.0. The lowest BCUT2D eigenvalue weighted by atomic mass is 9.96. The largest absolute Gasteiger partial charge is 0.463 e. The van der Waals surface area contributed by atoms with Gasteiger partial charge in [-0.15, -0.1) is 0 Å². The van der Waals surface area contributed by atoms with E-state index >= 15 is 0 Å². The summed E-state index contributed by atoms with van der Waals surface area (Å²) in [4.78, 5) is 25.7. The van der Waals surface area contributed by atoms with Gasteiger partial charge in [0.2, 0.25) is 0 Å². The molecule has 0 saturated carbocycles. The molecular formula is C22H26N4O2. The predicted octanol–water partition coefficient (Wildman–Crippen LogP) is 3.44. The average molecular weight is 378 g/mol. The smallest absolute Gasteiger partial charge is 0.261 e.